The first-order chi connectivity index (χ1) is 14.5. The number of Topliss-reactive ketones (excluding diaryl/α,β-unsaturated/α-hetero) is 1. The van der Waals surface area contributed by atoms with Crippen LogP contribution in [0.15, 0.2) is 72.8 Å². The maximum absolute atomic E-state index is 13.0. The molecule has 1 aliphatic rings. The highest BCUT2D eigenvalue weighted by atomic mass is 16.3. The Morgan fingerprint density at radius 3 is 2.20 bits per heavy atom. The first-order valence-corrected chi connectivity index (χ1v) is 9.62. The highest BCUT2D eigenvalue weighted by molar-refractivity contribution is 6.46. The number of rotatable bonds is 4. The fraction of sp³-hybridized carbons (Fsp3) is 0.167. The zero-order valence-electron chi connectivity index (χ0n) is 16.7. The first-order valence-electron chi connectivity index (χ1n) is 9.62. The van der Waals surface area contributed by atoms with Gasteiger partial charge in [-0.2, -0.15) is 0 Å². The molecule has 0 bridgehead atoms. The molecule has 1 saturated heterocycles. The molecule has 150 valence electrons. The molecular weight excluding hydrogens is 378 g/mol. The molecule has 0 radical (unpaired) electrons. The van der Waals surface area contributed by atoms with E-state index in [0.717, 1.165) is 16.7 Å². The van der Waals surface area contributed by atoms with Gasteiger partial charge in [0.1, 0.15) is 5.76 Å². The van der Waals surface area contributed by atoms with Crippen LogP contribution in [0.4, 0.5) is 0 Å². The van der Waals surface area contributed by atoms with Crippen molar-refractivity contribution in [3.05, 3.63) is 101 Å². The fourth-order valence-corrected chi connectivity index (χ4v) is 3.66. The number of carbonyl (C=O) groups excluding carboxylic acids is 2. The number of aromatic nitrogens is 2. The third-order valence-corrected chi connectivity index (χ3v) is 5.44. The van der Waals surface area contributed by atoms with Gasteiger partial charge < -0.3 is 10.0 Å². The van der Waals surface area contributed by atoms with Gasteiger partial charge in [0.2, 0.25) is 0 Å². The number of nitrogens with zero attached hydrogens (tertiary/aromatic N) is 3. The zero-order chi connectivity index (χ0) is 21.3. The molecule has 30 heavy (non-hydrogen) atoms. The van der Waals surface area contributed by atoms with Crippen molar-refractivity contribution in [1.29, 1.82) is 0 Å². The van der Waals surface area contributed by atoms with Crippen molar-refractivity contribution in [2.75, 3.05) is 0 Å². The fourth-order valence-electron chi connectivity index (χ4n) is 3.66. The van der Waals surface area contributed by atoms with Crippen molar-refractivity contribution < 1.29 is 14.7 Å². The molecule has 1 N–H and O–H groups in total. The van der Waals surface area contributed by atoms with Crippen molar-refractivity contribution in [2.45, 2.75) is 26.4 Å². The van der Waals surface area contributed by atoms with Gasteiger partial charge in [-0.05, 0) is 66.4 Å². The normalized spacial score (nSPS) is 18.1. The minimum atomic E-state index is -0.706. The van der Waals surface area contributed by atoms with Crippen LogP contribution in [0.2, 0.25) is 0 Å². The second-order valence-electron chi connectivity index (χ2n) is 7.36. The maximum atomic E-state index is 13.0. The number of likely N-dealkylation sites (tertiary alicyclic amines) is 1. The number of hydrogen-bond donors (Lipinski definition) is 1. The SMILES string of the molecule is Cc1ccc(/C(O)=C2/C(=O)C(=O)N(Cc3ccncc3)C2c2ccncc2)cc1C. The maximum Gasteiger partial charge on any atom is 0.295 e. The van der Waals surface area contributed by atoms with Gasteiger partial charge in [-0.15, -0.1) is 0 Å². The Morgan fingerprint density at radius 1 is 0.933 bits per heavy atom. The molecule has 6 heteroatoms. The summed E-state index contributed by atoms with van der Waals surface area (Å²) < 4.78 is 0. The predicted octanol–water partition coefficient (Wildman–Crippen LogP) is 3.72. The third kappa shape index (κ3) is 3.48. The second-order valence-corrected chi connectivity index (χ2v) is 7.36. The van der Waals surface area contributed by atoms with Crippen LogP contribution in [0.25, 0.3) is 5.76 Å². The molecule has 1 unspecified atom stereocenters. The molecule has 3 aromatic rings. The number of pyridine rings is 2. The van der Waals surface area contributed by atoms with E-state index in [4.69, 9.17) is 0 Å². The number of hydrogen-bond acceptors (Lipinski definition) is 5. The largest absolute Gasteiger partial charge is 0.507 e. The number of carbonyl (C=O) groups is 2. The molecule has 3 heterocycles. The van der Waals surface area contributed by atoms with Crippen LogP contribution in [-0.4, -0.2) is 31.7 Å². The summed E-state index contributed by atoms with van der Waals surface area (Å²) in [5.41, 5.74) is 4.23. The van der Waals surface area contributed by atoms with E-state index in [0.29, 0.717) is 11.1 Å². The Labute approximate surface area is 174 Å². The minimum Gasteiger partial charge on any atom is -0.507 e. The molecule has 0 saturated carbocycles. The van der Waals surface area contributed by atoms with Crippen LogP contribution >= 0.6 is 0 Å². The lowest BCUT2D eigenvalue weighted by Gasteiger charge is -2.25. The standard InChI is InChI=1S/C24H21N3O3/c1-15-3-4-19(13-16(15)2)22(28)20-21(18-7-11-26-12-8-18)27(24(30)23(20)29)14-17-5-9-25-10-6-17/h3-13,21,28H,14H2,1-2H3/b22-20-. The molecular formula is C24H21N3O3. The Kier molecular flexibility index (Phi) is 5.14. The molecule has 6 nitrogen and oxygen atoms in total. The Hall–Kier alpha value is -3.80. The molecule has 2 aromatic heterocycles. The predicted molar refractivity (Wildman–Crippen MR) is 112 cm³/mol. The quantitative estimate of drug-likeness (QED) is 0.411. The molecule has 0 aliphatic carbocycles. The number of aliphatic hydroxyl groups is 1. The third-order valence-electron chi connectivity index (χ3n) is 5.44. The van der Waals surface area contributed by atoms with Gasteiger partial charge in [0.05, 0.1) is 11.6 Å². The van der Waals surface area contributed by atoms with E-state index < -0.39 is 17.7 Å². The molecule has 1 aliphatic heterocycles. The average molecular weight is 399 g/mol. The second kappa shape index (κ2) is 7.91. The van der Waals surface area contributed by atoms with Gasteiger partial charge in [0, 0.05) is 36.9 Å². The zero-order valence-corrected chi connectivity index (χ0v) is 16.7. The smallest absolute Gasteiger partial charge is 0.295 e. The highest BCUT2D eigenvalue weighted by Gasteiger charge is 2.46. The number of benzene rings is 1. The topological polar surface area (TPSA) is 83.4 Å². The lowest BCUT2D eigenvalue weighted by molar-refractivity contribution is -0.140. The lowest BCUT2D eigenvalue weighted by Crippen LogP contribution is -2.29. The van der Waals surface area contributed by atoms with Gasteiger partial charge in [-0.3, -0.25) is 19.6 Å². The van der Waals surface area contributed by atoms with E-state index in [1.807, 2.05) is 26.0 Å². The van der Waals surface area contributed by atoms with Crippen LogP contribution in [0.5, 0.6) is 0 Å². The lowest BCUT2D eigenvalue weighted by atomic mass is 9.94. The summed E-state index contributed by atoms with van der Waals surface area (Å²) in [7, 11) is 0. The van der Waals surface area contributed by atoms with Gasteiger partial charge in [0.15, 0.2) is 0 Å². The monoisotopic (exact) mass is 399 g/mol. The summed E-state index contributed by atoms with van der Waals surface area (Å²) in [6.07, 6.45) is 6.50. The summed E-state index contributed by atoms with van der Waals surface area (Å²) in [6, 6.07) is 11.9. The summed E-state index contributed by atoms with van der Waals surface area (Å²) >= 11 is 0. The first kappa shape index (κ1) is 19.5. The summed E-state index contributed by atoms with van der Waals surface area (Å²) in [6.45, 7) is 4.14. The van der Waals surface area contributed by atoms with Crippen molar-refractivity contribution in [1.82, 2.24) is 14.9 Å². The van der Waals surface area contributed by atoms with Crippen molar-refractivity contribution in [3.8, 4) is 0 Å². The summed E-state index contributed by atoms with van der Waals surface area (Å²) in [5, 5.41) is 11.1. The molecule has 0 spiro atoms. The van der Waals surface area contributed by atoms with Gasteiger partial charge in [-0.1, -0.05) is 12.1 Å². The van der Waals surface area contributed by atoms with E-state index in [2.05, 4.69) is 9.97 Å². The number of ketones is 1. The highest BCUT2D eigenvalue weighted by Crippen LogP contribution is 2.40. The van der Waals surface area contributed by atoms with Gasteiger partial charge >= 0.3 is 0 Å². The molecule has 1 aromatic carbocycles. The average Bonchev–Trinajstić information content (AvgIpc) is 3.01. The number of amides is 1. The Bertz CT molecular complexity index is 1140. The molecule has 1 fully saturated rings. The van der Waals surface area contributed by atoms with Crippen LogP contribution < -0.4 is 0 Å². The number of aryl methyl sites for hydroxylation is 2. The van der Waals surface area contributed by atoms with E-state index in [9.17, 15) is 14.7 Å². The molecule has 4 rings (SSSR count). The van der Waals surface area contributed by atoms with Crippen molar-refractivity contribution in [3.63, 3.8) is 0 Å². The summed E-state index contributed by atoms with van der Waals surface area (Å²) in [4.78, 5) is 35.5. The Morgan fingerprint density at radius 2 is 1.57 bits per heavy atom. The van der Waals surface area contributed by atoms with E-state index in [-0.39, 0.29) is 17.9 Å². The molecule has 1 amide bonds. The van der Waals surface area contributed by atoms with Crippen LogP contribution in [-0.2, 0) is 16.1 Å². The van der Waals surface area contributed by atoms with Crippen LogP contribution in [0.1, 0.15) is 33.9 Å². The van der Waals surface area contributed by atoms with Gasteiger partial charge in [0.25, 0.3) is 11.7 Å². The van der Waals surface area contributed by atoms with E-state index in [1.54, 1.807) is 55.1 Å². The molecule has 1 atom stereocenters. The number of aliphatic hydroxyl groups excluding tert-OH is 1. The van der Waals surface area contributed by atoms with Crippen LogP contribution in [0.3, 0.4) is 0 Å². The van der Waals surface area contributed by atoms with E-state index >= 15 is 0 Å². The van der Waals surface area contributed by atoms with Crippen molar-refractivity contribution >= 4 is 17.4 Å². The van der Waals surface area contributed by atoms with E-state index in [1.165, 1.54) is 4.90 Å². The van der Waals surface area contributed by atoms with Crippen LogP contribution in [0, 0.1) is 13.8 Å². The minimum absolute atomic E-state index is 0.0866. The summed E-state index contributed by atoms with van der Waals surface area (Å²) in [5.74, 6) is -1.50. The van der Waals surface area contributed by atoms with Gasteiger partial charge in [-0.25, -0.2) is 0 Å². The van der Waals surface area contributed by atoms with Crippen molar-refractivity contribution in [2.24, 2.45) is 0 Å². The Balaban J connectivity index is 1.86.